The topological polar surface area (TPSA) is 35.5 Å². The van der Waals surface area contributed by atoms with Crippen LogP contribution in [0.25, 0.3) is 0 Å². The van der Waals surface area contributed by atoms with Gasteiger partial charge in [0.2, 0.25) is 0 Å². The fourth-order valence-corrected chi connectivity index (χ4v) is 1.20. The van der Waals surface area contributed by atoms with E-state index in [4.69, 9.17) is 4.74 Å². The van der Waals surface area contributed by atoms with Crippen LogP contribution in [0.15, 0.2) is 30.3 Å². The third kappa shape index (κ3) is 5.74. The summed E-state index contributed by atoms with van der Waals surface area (Å²) in [5.41, 5.74) is 0.550. The Morgan fingerprint density at radius 1 is 1.29 bits per heavy atom. The van der Waals surface area contributed by atoms with Gasteiger partial charge < -0.3 is 9.47 Å². The molecule has 90 valence electrons. The molecule has 0 spiro atoms. The Hall–Kier alpha value is -1.79. The van der Waals surface area contributed by atoms with Crippen LogP contribution in [-0.4, -0.2) is 18.7 Å². The van der Waals surface area contributed by atoms with Crippen molar-refractivity contribution in [3.63, 3.8) is 0 Å². The molecular weight excluding hydrogens is 216 g/mol. The van der Waals surface area contributed by atoms with Gasteiger partial charge in [-0.3, -0.25) is 4.79 Å². The molecule has 0 radical (unpaired) electrons. The Kier molecular flexibility index (Phi) is 5.25. The number of carbonyl (C=O) groups is 1. The van der Waals surface area contributed by atoms with Gasteiger partial charge in [-0.15, -0.1) is 0 Å². The molecular formula is C14H16O3. The summed E-state index contributed by atoms with van der Waals surface area (Å²) in [5.74, 6) is 5.64. The van der Waals surface area contributed by atoms with Crippen LogP contribution in [0.4, 0.5) is 0 Å². The molecule has 0 aliphatic carbocycles. The largest absolute Gasteiger partial charge is 0.455 e. The number of ether oxygens (including phenoxy) is 2. The van der Waals surface area contributed by atoms with Crippen molar-refractivity contribution in [2.24, 2.45) is 0 Å². The molecule has 0 heterocycles. The van der Waals surface area contributed by atoms with Crippen LogP contribution in [-0.2, 0) is 20.9 Å². The molecule has 0 bridgehead atoms. The highest BCUT2D eigenvalue weighted by molar-refractivity contribution is 5.37. The average molecular weight is 232 g/mol. The lowest BCUT2D eigenvalue weighted by atomic mass is 10.1. The predicted octanol–water partition coefficient (Wildman–Crippen LogP) is 2.16. The van der Waals surface area contributed by atoms with E-state index in [1.54, 1.807) is 0 Å². The molecule has 17 heavy (non-hydrogen) atoms. The zero-order valence-electron chi connectivity index (χ0n) is 10.1. The first-order valence-corrected chi connectivity index (χ1v) is 5.37. The predicted molar refractivity (Wildman–Crippen MR) is 65.1 cm³/mol. The minimum Gasteiger partial charge on any atom is -0.455 e. The van der Waals surface area contributed by atoms with Crippen LogP contribution in [0.3, 0.4) is 0 Å². The Labute approximate surface area is 102 Å². The van der Waals surface area contributed by atoms with Gasteiger partial charge >= 0.3 is 0 Å². The normalized spacial score (nSPS) is 10.2. The molecule has 0 saturated heterocycles. The summed E-state index contributed by atoms with van der Waals surface area (Å²) in [6.45, 7) is 4.75. The summed E-state index contributed by atoms with van der Waals surface area (Å²) in [5, 5.41) is 0. The number of carbonyl (C=O) groups excluding carboxylic acids is 1. The lowest BCUT2D eigenvalue weighted by Crippen LogP contribution is -2.21. The molecule has 0 N–H and O–H groups in total. The van der Waals surface area contributed by atoms with Crippen molar-refractivity contribution in [2.75, 3.05) is 6.61 Å². The smallest absolute Gasteiger partial charge is 0.294 e. The molecule has 0 unspecified atom stereocenters. The van der Waals surface area contributed by atoms with Crippen molar-refractivity contribution >= 4 is 6.47 Å². The molecule has 1 rings (SSSR count). The van der Waals surface area contributed by atoms with Crippen molar-refractivity contribution in [3.8, 4) is 11.8 Å². The summed E-state index contributed by atoms with van der Waals surface area (Å²) in [7, 11) is 0. The van der Waals surface area contributed by atoms with Crippen molar-refractivity contribution in [1.82, 2.24) is 0 Å². The van der Waals surface area contributed by atoms with Gasteiger partial charge in [-0.05, 0) is 19.4 Å². The van der Waals surface area contributed by atoms with Crippen LogP contribution >= 0.6 is 0 Å². The highest BCUT2D eigenvalue weighted by atomic mass is 16.5. The summed E-state index contributed by atoms with van der Waals surface area (Å²) in [4.78, 5) is 9.92. The van der Waals surface area contributed by atoms with Gasteiger partial charge in [0, 0.05) is 0 Å². The fraction of sp³-hybridized carbons (Fsp3) is 0.357. The first-order valence-electron chi connectivity index (χ1n) is 5.37. The first-order chi connectivity index (χ1) is 8.14. The zero-order valence-corrected chi connectivity index (χ0v) is 10.1. The van der Waals surface area contributed by atoms with Crippen LogP contribution in [0.5, 0.6) is 0 Å². The van der Waals surface area contributed by atoms with Crippen molar-refractivity contribution < 1.29 is 14.3 Å². The van der Waals surface area contributed by atoms with Crippen molar-refractivity contribution in [1.29, 1.82) is 0 Å². The summed E-state index contributed by atoms with van der Waals surface area (Å²) >= 11 is 0. The monoisotopic (exact) mass is 232 g/mol. The van der Waals surface area contributed by atoms with E-state index in [0.717, 1.165) is 5.56 Å². The van der Waals surface area contributed by atoms with Gasteiger partial charge in [0.15, 0.2) is 6.61 Å². The maximum Gasteiger partial charge on any atom is 0.294 e. The standard InChI is InChI=1S/C14H16O3/c1-14(2,9-6-10-16-12-15)17-11-13-7-4-3-5-8-13/h3-5,7-8,12H,10-11H2,1-2H3. The van der Waals surface area contributed by atoms with Crippen LogP contribution in [0.1, 0.15) is 19.4 Å². The van der Waals surface area contributed by atoms with Crippen molar-refractivity contribution in [3.05, 3.63) is 35.9 Å². The third-order valence-electron chi connectivity index (χ3n) is 2.06. The Balaban J connectivity index is 2.43. The van der Waals surface area contributed by atoms with E-state index < -0.39 is 5.60 Å². The molecule has 0 aliphatic rings. The second kappa shape index (κ2) is 6.72. The van der Waals surface area contributed by atoms with E-state index in [0.29, 0.717) is 13.1 Å². The molecule has 3 heteroatoms. The minimum atomic E-state index is -0.553. The van der Waals surface area contributed by atoms with Crippen LogP contribution in [0, 0.1) is 11.8 Å². The lowest BCUT2D eigenvalue weighted by molar-refractivity contribution is -0.127. The lowest BCUT2D eigenvalue weighted by Gasteiger charge is -2.18. The Morgan fingerprint density at radius 2 is 2.00 bits per heavy atom. The second-order valence-electron chi connectivity index (χ2n) is 3.99. The first kappa shape index (κ1) is 13.3. The number of benzene rings is 1. The van der Waals surface area contributed by atoms with E-state index >= 15 is 0 Å². The average Bonchev–Trinajstić information content (AvgIpc) is 2.34. The summed E-state index contributed by atoms with van der Waals surface area (Å²) < 4.78 is 10.2. The van der Waals surface area contributed by atoms with Gasteiger partial charge in [-0.2, -0.15) is 0 Å². The SMILES string of the molecule is CC(C)(C#CCOC=O)OCc1ccccc1. The quantitative estimate of drug-likeness (QED) is 0.443. The highest BCUT2D eigenvalue weighted by Gasteiger charge is 2.14. The summed E-state index contributed by atoms with van der Waals surface area (Å²) in [6.07, 6.45) is 0. The van der Waals surface area contributed by atoms with E-state index in [-0.39, 0.29) is 6.61 Å². The van der Waals surface area contributed by atoms with E-state index in [9.17, 15) is 4.79 Å². The number of hydrogen-bond acceptors (Lipinski definition) is 3. The Bertz CT molecular complexity index is 398. The van der Waals surface area contributed by atoms with Gasteiger partial charge in [-0.25, -0.2) is 0 Å². The highest BCUT2D eigenvalue weighted by Crippen LogP contribution is 2.11. The maximum atomic E-state index is 9.92. The molecule has 0 atom stereocenters. The minimum absolute atomic E-state index is 0.0988. The van der Waals surface area contributed by atoms with Gasteiger partial charge in [0.05, 0.1) is 6.61 Å². The van der Waals surface area contributed by atoms with Gasteiger partial charge in [0.1, 0.15) is 5.60 Å². The maximum absolute atomic E-state index is 9.92. The molecule has 1 aromatic rings. The van der Waals surface area contributed by atoms with E-state index in [1.165, 1.54) is 0 Å². The van der Waals surface area contributed by atoms with Gasteiger partial charge in [-0.1, -0.05) is 42.2 Å². The molecule has 0 fully saturated rings. The van der Waals surface area contributed by atoms with Gasteiger partial charge in [0.25, 0.3) is 6.47 Å². The van der Waals surface area contributed by atoms with Crippen LogP contribution in [0.2, 0.25) is 0 Å². The zero-order chi connectivity index (χ0) is 12.6. The van der Waals surface area contributed by atoms with E-state index in [1.807, 2.05) is 44.2 Å². The van der Waals surface area contributed by atoms with Crippen molar-refractivity contribution in [2.45, 2.75) is 26.1 Å². The molecule has 0 saturated carbocycles. The molecule has 0 aromatic heterocycles. The van der Waals surface area contributed by atoms with Crippen LogP contribution < -0.4 is 0 Å². The van der Waals surface area contributed by atoms with E-state index in [2.05, 4.69) is 16.6 Å². The molecule has 0 amide bonds. The number of rotatable bonds is 5. The molecule has 0 aliphatic heterocycles. The fourth-order valence-electron chi connectivity index (χ4n) is 1.20. The number of hydrogen-bond donors (Lipinski definition) is 0. The third-order valence-corrected chi connectivity index (χ3v) is 2.06. The molecule has 3 nitrogen and oxygen atoms in total. The molecule has 1 aromatic carbocycles. The summed E-state index contributed by atoms with van der Waals surface area (Å²) in [6, 6.07) is 9.90. The second-order valence-corrected chi connectivity index (χ2v) is 3.99. The Morgan fingerprint density at radius 3 is 2.65 bits per heavy atom.